The highest BCUT2D eigenvalue weighted by molar-refractivity contribution is 7.54. The van der Waals surface area contributed by atoms with Crippen LogP contribution in [0.5, 0.6) is 0 Å². The third-order valence-corrected chi connectivity index (χ3v) is 6.10. The van der Waals surface area contributed by atoms with Crippen LogP contribution in [0.3, 0.4) is 0 Å². The summed E-state index contributed by atoms with van der Waals surface area (Å²) in [6.07, 6.45) is 9.36. The van der Waals surface area contributed by atoms with Gasteiger partial charge in [-0.1, -0.05) is 61.6 Å². The lowest BCUT2D eigenvalue weighted by Gasteiger charge is -2.32. The first-order valence-corrected chi connectivity index (χ1v) is 8.98. The second-order valence-electron chi connectivity index (χ2n) is 5.74. The highest BCUT2D eigenvalue weighted by atomic mass is 31.2. The summed E-state index contributed by atoms with van der Waals surface area (Å²) in [5, 5.41) is 3.39. The lowest BCUT2D eigenvalue weighted by molar-refractivity contribution is 0.254. The van der Waals surface area contributed by atoms with Crippen LogP contribution < -0.4 is 5.32 Å². The minimum Gasteiger partial charge on any atom is -0.311 e. The van der Waals surface area contributed by atoms with E-state index in [0.29, 0.717) is 6.54 Å². The van der Waals surface area contributed by atoms with Crippen molar-refractivity contribution < 1.29 is 13.6 Å². The zero-order valence-electron chi connectivity index (χ0n) is 13.4. The molecule has 1 aromatic carbocycles. The molecule has 0 fully saturated rings. The molecule has 1 aliphatic rings. The van der Waals surface area contributed by atoms with Gasteiger partial charge in [0, 0.05) is 26.2 Å². The fourth-order valence-corrected chi connectivity index (χ4v) is 3.99. The molecular weight excluding hydrogens is 297 g/mol. The molecule has 22 heavy (non-hydrogen) atoms. The van der Waals surface area contributed by atoms with Crippen LogP contribution in [0.15, 0.2) is 54.6 Å². The Morgan fingerprint density at radius 2 is 1.91 bits per heavy atom. The minimum atomic E-state index is -3.26. The van der Waals surface area contributed by atoms with E-state index in [1.165, 1.54) is 14.2 Å². The smallest absolute Gasteiger partial charge is 0.311 e. The molecule has 1 aliphatic carbocycles. The summed E-state index contributed by atoms with van der Waals surface area (Å²) in [5.41, 5.74) is 0.891. The second-order valence-corrected chi connectivity index (χ2v) is 8.07. The largest absolute Gasteiger partial charge is 0.351 e. The normalized spacial score (nSPS) is 22.7. The van der Waals surface area contributed by atoms with Crippen molar-refractivity contribution in [2.75, 3.05) is 20.8 Å². The molecule has 4 nitrogen and oxygen atoms in total. The van der Waals surface area contributed by atoms with E-state index in [1.54, 1.807) is 0 Å². The maximum atomic E-state index is 12.9. The lowest BCUT2D eigenvalue weighted by atomic mass is 9.84. The Labute approximate surface area is 132 Å². The van der Waals surface area contributed by atoms with Gasteiger partial charge in [-0.25, -0.2) is 0 Å². The van der Waals surface area contributed by atoms with Gasteiger partial charge < -0.3 is 9.05 Å². The predicted octanol–water partition coefficient (Wildman–Crippen LogP) is 4.28. The average molecular weight is 321 g/mol. The molecule has 0 saturated heterocycles. The molecule has 0 heterocycles. The number of hydrogen-bond donors (Lipinski definition) is 1. The molecule has 0 aromatic heterocycles. The van der Waals surface area contributed by atoms with Crippen LogP contribution in [-0.4, -0.2) is 20.8 Å². The van der Waals surface area contributed by atoms with Crippen LogP contribution in [0.25, 0.3) is 0 Å². The Balaban J connectivity index is 2.20. The lowest BCUT2D eigenvalue weighted by Crippen LogP contribution is -2.33. The first-order valence-electron chi connectivity index (χ1n) is 7.37. The summed E-state index contributed by atoms with van der Waals surface area (Å²) in [6.45, 7) is 2.86. The van der Waals surface area contributed by atoms with E-state index in [4.69, 9.17) is 9.05 Å². The molecular formula is C17H24NO3P. The monoisotopic (exact) mass is 321 g/mol. The topological polar surface area (TPSA) is 47.6 Å². The first-order chi connectivity index (χ1) is 10.5. The predicted molar refractivity (Wildman–Crippen MR) is 89.8 cm³/mol. The van der Waals surface area contributed by atoms with Crippen molar-refractivity contribution in [1.29, 1.82) is 0 Å². The van der Waals surface area contributed by atoms with Crippen LogP contribution in [0, 0.1) is 5.41 Å². The molecule has 1 N–H and O–H groups in total. The van der Waals surface area contributed by atoms with Gasteiger partial charge in [0.05, 0.1) is 0 Å². The van der Waals surface area contributed by atoms with Crippen LogP contribution >= 0.6 is 7.60 Å². The van der Waals surface area contributed by atoms with Gasteiger partial charge in [0.2, 0.25) is 0 Å². The van der Waals surface area contributed by atoms with E-state index in [0.717, 1.165) is 12.0 Å². The second kappa shape index (κ2) is 7.38. The molecule has 0 saturated carbocycles. The maximum Gasteiger partial charge on any atom is 0.351 e. The summed E-state index contributed by atoms with van der Waals surface area (Å²) in [7, 11) is -0.417. The maximum absolute atomic E-state index is 12.9. The van der Waals surface area contributed by atoms with E-state index in [-0.39, 0.29) is 5.41 Å². The van der Waals surface area contributed by atoms with Gasteiger partial charge in [0.15, 0.2) is 0 Å². The van der Waals surface area contributed by atoms with Gasteiger partial charge in [-0.3, -0.25) is 9.88 Å². The van der Waals surface area contributed by atoms with Gasteiger partial charge in [0.1, 0.15) is 5.78 Å². The van der Waals surface area contributed by atoms with Gasteiger partial charge in [0.25, 0.3) is 0 Å². The molecule has 0 amide bonds. The van der Waals surface area contributed by atoms with Crippen LogP contribution in [0.2, 0.25) is 0 Å². The van der Waals surface area contributed by atoms with Crippen LogP contribution in [0.4, 0.5) is 0 Å². The number of allylic oxidation sites excluding steroid dienone is 3. The van der Waals surface area contributed by atoms with E-state index < -0.39 is 13.4 Å². The molecule has 2 unspecified atom stereocenters. The van der Waals surface area contributed by atoms with Crippen molar-refractivity contribution in [2.24, 2.45) is 5.41 Å². The van der Waals surface area contributed by atoms with Crippen molar-refractivity contribution in [3.8, 4) is 0 Å². The molecule has 120 valence electrons. The van der Waals surface area contributed by atoms with Gasteiger partial charge >= 0.3 is 7.60 Å². The summed E-state index contributed by atoms with van der Waals surface area (Å²) < 4.78 is 23.3. The number of rotatable bonds is 7. The fourth-order valence-electron chi connectivity index (χ4n) is 2.57. The number of hydrogen-bond acceptors (Lipinski definition) is 4. The van der Waals surface area contributed by atoms with Crippen molar-refractivity contribution in [3.05, 3.63) is 60.2 Å². The van der Waals surface area contributed by atoms with E-state index in [2.05, 4.69) is 30.5 Å². The van der Waals surface area contributed by atoms with Crippen molar-refractivity contribution in [2.45, 2.75) is 19.1 Å². The van der Waals surface area contributed by atoms with Gasteiger partial charge in [-0.05, 0) is 12.0 Å². The van der Waals surface area contributed by atoms with Crippen molar-refractivity contribution in [3.63, 3.8) is 0 Å². The van der Waals surface area contributed by atoms with Crippen molar-refractivity contribution in [1.82, 2.24) is 5.32 Å². The Hall–Kier alpha value is -1.19. The third kappa shape index (κ3) is 3.96. The first kappa shape index (κ1) is 17.2. The molecule has 0 spiro atoms. The zero-order valence-corrected chi connectivity index (χ0v) is 14.3. The summed E-state index contributed by atoms with van der Waals surface area (Å²) in [4.78, 5) is 0. The Bertz CT molecular complexity index is 577. The Kier molecular flexibility index (Phi) is 5.76. The van der Waals surface area contributed by atoms with E-state index in [9.17, 15) is 4.57 Å². The minimum absolute atomic E-state index is 0.00586. The molecule has 2 rings (SSSR count). The third-order valence-electron chi connectivity index (χ3n) is 3.97. The highest BCUT2D eigenvalue weighted by Gasteiger charge is 2.36. The SMILES string of the molecule is COP(=O)(OC)C(NCC1(C)C=CC=CC1)c1ccccc1. The van der Waals surface area contributed by atoms with E-state index in [1.807, 2.05) is 36.4 Å². The molecule has 0 aliphatic heterocycles. The molecule has 5 heteroatoms. The van der Waals surface area contributed by atoms with Gasteiger partial charge in [-0.2, -0.15) is 0 Å². The molecule has 2 atom stereocenters. The molecule has 1 aromatic rings. The summed E-state index contributed by atoms with van der Waals surface area (Å²) in [6, 6.07) is 9.64. The fraction of sp³-hybridized carbons (Fsp3) is 0.412. The average Bonchev–Trinajstić information content (AvgIpc) is 2.56. The van der Waals surface area contributed by atoms with Crippen LogP contribution in [-0.2, 0) is 13.6 Å². The summed E-state index contributed by atoms with van der Waals surface area (Å²) >= 11 is 0. The quantitative estimate of drug-likeness (QED) is 0.761. The van der Waals surface area contributed by atoms with Crippen LogP contribution in [0.1, 0.15) is 24.7 Å². The molecule has 0 radical (unpaired) electrons. The molecule has 0 bridgehead atoms. The standard InChI is InChI=1S/C17H24NO3P/c1-17(12-8-5-9-13-17)14-18-16(22(19,20-2)21-3)15-10-6-4-7-11-15/h4-12,16,18H,13-14H2,1-3H3. The number of benzene rings is 1. The van der Waals surface area contributed by atoms with Gasteiger partial charge in [-0.15, -0.1) is 0 Å². The summed E-state index contributed by atoms with van der Waals surface area (Å²) in [5.74, 6) is -0.486. The van der Waals surface area contributed by atoms with E-state index >= 15 is 0 Å². The Morgan fingerprint density at radius 1 is 1.23 bits per heavy atom. The number of nitrogens with one attached hydrogen (secondary N) is 1. The highest BCUT2D eigenvalue weighted by Crippen LogP contribution is 2.58. The van der Waals surface area contributed by atoms with Crippen molar-refractivity contribution >= 4 is 7.60 Å². The zero-order chi connectivity index (χ0) is 16.1. The Morgan fingerprint density at radius 3 is 2.45 bits per heavy atom.